The van der Waals surface area contributed by atoms with Crippen LogP contribution in [0.1, 0.15) is 45.1 Å². The number of nitrogens with one attached hydrogen (secondary N) is 1. The van der Waals surface area contributed by atoms with E-state index in [4.69, 9.17) is 0 Å². The van der Waals surface area contributed by atoms with Gasteiger partial charge in [-0.2, -0.15) is 0 Å². The first-order valence-electron chi connectivity index (χ1n) is 9.55. The molecule has 136 valence electrons. The standard InChI is InChI=1S/C22H26N2O2/c1-22(2,19-9-5-7-15-6-3-4-8-18(15)19)23-21(26)16-10-13-20(25)24(14-16)17-11-12-17/h3-9,16-17H,10-14H2,1-2H3,(H,23,26). The predicted molar refractivity (Wildman–Crippen MR) is 103 cm³/mol. The van der Waals surface area contributed by atoms with E-state index in [1.807, 2.05) is 23.1 Å². The van der Waals surface area contributed by atoms with Crippen molar-refractivity contribution in [3.63, 3.8) is 0 Å². The molecular formula is C22H26N2O2. The second kappa shape index (κ2) is 6.42. The summed E-state index contributed by atoms with van der Waals surface area (Å²) in [5, 5.41) is 5.59. The van der Waals surface area contributed by atoms with E-state index >= 15 is 0 Å². The number of likely N-dealkylation sites (tertiary alicyclic amines) is 1. The smallest absolute Gasteiger partial charge is 0.225 e. The maximum atomic E-state index is 13.0. The van der Waals surface area contributed by atoms with Crippen molar-refractivity contribution < 1.29 is 9.59 Å². The largest absolute Gasteiger partial charge is 0.347 e. The Kier molecular flexibility index (Phi) is 4.22. The minimum Gasteiger partial charge on any atom is -0.347 e. The summed E-state index contributed by atoms with van der Waals surface area (Å²) in [5.41, 5.74) is 0.652. The van der Waals surface area contributed by atoms with Crippen LogP contribution in [-0.4, -0.2) is 29.3 Å². The van der Waals surface area contributed by atoms with Gasteiger partial charge in [0.05, 0.1) is 11.5 Å². The third kappa shape index (κ3) is 3.20. The fraction of sp³-hybridized carbons (Fsp3) is 0.455. The van der Waals surface area contributed by atoms with Crippen molar-refractivity contribution in [2.24, 2.45) is 5.92 Å². The number of hydrogen-bond acceptors (Lipinski definition) is 2. The molecule has 2 aliphatic rings. The molecule has 4 rings (SSSR count). The van der Waals surface area contributed by atoms with Gasteiger partial charge in [0.25, 0.3) is 0 Å². The number of benzene rings is 2. The third-order valence-electron chi connectivity index (χ3n) is 5.70. The lowest BCUT2D eigenvalue weighted by molar-refractivity contribution is -0.139. The second-order valence-electron chi connectivity index (χ2n) is 8.15. The van der Waals surface area contributed by atoms with Crippen molar-refractivity contribution in [1.29, 1.82) is 0 Å². The van der Waals surface area contributed by atoms with Gasteiger partial charge in [0, 0.05) is 19.0 Å². The van der Waals surface area contributed by atoms with Gasteiger partial charge >= 0.3 is 0 Å². The first kappa shape index (κ1) is 17.1. The average molecular weight is 350 g/mol. The van der Waals surface area contributed by atoms with Gasteiger partial charge in [0.15, 0.2) is 0 Å². The van der Waals surface area contributed by atoms with Crippen LogP contribution in [-0.2, 0) is 15.1 Å². The lowest BCUT2D eigenvalue weighted by Gasteiger charge is -2.35. The van der Waals surface area contributed by atoms with Gasteiger partial charge in [-0.1, -0.05) is 42.5 Å². The Morgan fingerprint density at radius 3 is 2.58 bits per heavy atom. The lowest BCUT2D eigenvalue weighted by Crippen LogP contribution is -2.50. The van der Waals surface area contributed by atoms with Crippen LogP contribution in [0.4, 0.5) is 0 Å². The topological polar surface area (TPSA) is 49.4 Å². The van der Waals surface area contributed by atoms with Gasteiger partial charge in [-0.25, -0.2) is 0 Å². The molecule has 26 heavy (non-hydrogen) atoms. The highest BCUT2D eigenvalue weighted by atomic mass is 16.2. The highest BCUT2D eigenvalue weighted by Crippen LogP contribution is 2.33. The molecule has 0 bridgehead atoms. The number of rotatable bonds is 4. The quantitative estimate of drug-likeness (QED) is 0.916. The fourth-order valence-electron chi connectivity index (χ4n) is 4.07. The fourth-order valence-corrected chi connectivity index (χ4v) is 4.07. The Morgan fingerprint density at radius 1 is 1.08 bits per heavy atom. The summed E-state index contributed by atoms with van der Waals surface area (Å²) >= 11 is 0. The van der Waals surface area contributed by atoms with Gasteiger partial charge < -0.3 is 10.2 Å². The molecule has 2 aromatic rings. The molecule has 4 heteroatoms. The summed E-state index contributed by atoms with van der Waals surface area (Å²) in [5.74, 6) is 0.161. The molecule has 1 heterocycles. The molecule has 2 amide bonds. The third-order valence-corrected chi connectivity index (χ3v) is 5.70. The molecular weight excluding hydrogens is 324 g/mol. The van der Waals surface area contributed by atoms with Crippen LogP contribution < -0.4 is 5.32 Å². The van der Waals surface area contributed by atoms with Gasteiger partial charge in [-0.15, -0.1) is 0 Å². The van der Waals surface area contributed by atoms with Crippen LogP contribution in [0.3, 0.4) is 0 Å². The van der Waals surface area contributed by atoms with Crippen LogP contribution >= 0.6 is 0 Å². The number of nitrogens with zero attached hydrogens (tertiary/aromatic N) is 1. The Labute approximate surface area is 154 Å². The molecule has 2 fully saturated rings. The first-order chi connectivity index (χ1) is 12.5. The van der Waals surface area contributed by atoms with Crippen molar-refractivity contribution in [3.05, 3.63) is 48.0 Å². The normalized spacial score (nSPS) is 21.1. The molecule has 1 N–H and O–H groups in total. The molecule has 1 aliphatic carbocycles. The average Bonchev–Trinajstić information content (AvgIpc) is 3.46. The second-order valence-corrected chi connectivity index (χ2v) is 8.15. The van der Waals surface area contributed by atoms with E-state index in [0.29, 0.717) is 25.4 Å². The van der Waals surface area contributed by atoms with E-state index in [-0.39, 0.29) is 17.7 Å². The predicted octanol–water partition coefficient (Wildman–Crippen LogP) is 3.59. The summed E-state index contributed by atoms with van der Waals surface area (Å²) in [6.07, 6.45) is 3.31. The molecule has 0 spiro atoms. The highest BCUT2D eigenvalue weighted by molar-refractivity contribution is 5.88. The number of carbonyl (C=O) groups is 2. The summed E-state index contributed by atoms with van der Waals surface area (Å²) in [6, 6.07) is 14.9. The zero-order valence-corrected chi connectivity index (χ0v) is 15.5. The van der Waals surface area contributed by atoms with Gasteiger partial charge in [-0.3, -0.25) is 9.59 Å². The van der Waals surface area contributed by atoms with E-state index in [1.165, 1.54) is 10.8 Å². The number of piperidine rings is 1. The first-order valence-corrected chi connectivity index (χ1v) is 9.55. The van der Waals surface area contributed by atoms with Crippen molar-refractivity contribution in [1.82, 2.24) is 10.2 Å². The van der Waals surface area contributed by atoms with E-state index in [1.54, 1.807) is 0 Å². The molecule has 1 saturated heterocycles. The van der Waals surface area contributed by atoms with Crippen LogP contribution in [0, 0.1) is 5.92 Å². The van der Waals surface area contributed by atoms with Gasteiger partial charge in [-0.05, 0) is 49.4 Å². The summed E-state index contributed by atoms with van der Waals surface area (Å²) in [4.78, 5) is 27.0. The minimum absolute atomic E-state index is 0.0566. The zero-order chi connectivity index (χ0) is 18.3. The molecule has 1 unspecified atom stereocenters. The molecule has 1 atom stereocenters. The zero-order valence-electron chi connectivity index (χ0n) is 15.5. The summed E-state index contributed by atoms with van der Waals surface area (Å²) < 4.78 is 0. The molecule has 0 aromatic heterocycles. The van der Waals surface area contributed by atoms with Crippen molar-refractivity contribution in [3.8, 4) is 0 Å². The Bertz CT molecular complexity index is 849. The summed E-state index contributed by atoms with van der Waals surface area (Å²) in [6.45, 7) is 4.68. The molecule has 1 saturated carbocycles. The van der Waals surface area contributed by atoms with E-state index in [0.717, 1.165) is 18.4 Å². The van der Waals surface area contributed by atoms with Crippen LogP contribution in [0.5, 0.6) is 0 Å². The van der Waals surface area contributed by atoms with Crippen molar-refractivity contribution in [2.75, 3.05) is 6.54 Å². The maximum absolute atomic E-state index is 13.0. The lowest BCUT2D eigenvalue weighted by atomic mass is 9.88. The monoisotopic (exact) mass is 350 g/mol. The molecule has 2 aromatic carbocycles. The molecule has 0 radical (unpaired) electrons. The van der Waals surface area contributed by atoms with E-state index in [9.17, 15) is 9.59 Å². The minimum atomic E-state index is -0.468. The molecule has 1 aliphatic heterocycles. The SMILES string of the molecule is CC(C)(NC(=O)C1CCC(=O)N(C2CC2)C1)c1cccc2ccccc12. The Morgan fingerprint density at radius 2 is 1.81 bits per heavy atom. The van der Waals surface area contributed by atoms with Crippen molar-refractivity contribution >= 4 is 22.6 Å². The number of amides is 2. The molecule has 4 nitrogen and oxygen atoms in total. The number of hydrogen-bond donors (Lipinski definition) is 1. The van der Waals surface area contributed by atoms with Crippen LogP contribution in [0.2, 0.25) is 0 Å². The van der Waals surface area contributed by atoms with Gasteiger partial charge in [0.1, 0.15) is 0 Å². The van der Waals surface area contributed by atoms with E-state index in [2.05, 4.69) is 43.4 Å². The van der Waals surface area contributed by atoms with Crippen molar-refractivity contribution in [2.45, 2.75) is 51.1 Å². The maximum Gasteiger partial charge on any atom is 0.225 e. The van der Waals surface area contributed by atoms with Crippen LogP contribution in [0.25, 0.3) is 10.8 Å². The Balaban J connectivity index is 1.53. The highest BCUT2D eigenvalue weighted by Gasteiger charge is 2.39. The van der Waals surface area contributed by atoms with Gasteiger partial charge in [0.2, 0.25) is 11.8 Å². The Hall–Kier alpha value is -2.36. The number of fused-ring (bicyclic) bond motifs is 1. The van der Waals surface area contributed by atoms with E-state index < -0.39 is 5.54 Å². The summed E-state index contributed by atoms with van der Waals surface area (Å²) in [7, 11) is 0. The number of carbonyl (C=O) groups excluding carboxylic acids is 2. The van der Waals surface area contributed by atoms with Crippen LogP contribution in [0.15, 0.2) is 42.5 Å².